The van der Waals surface area contributed by atoms with E-state index < -0.39 is 23.1 Å². The maximum Gasteiger partial charge on any atom is 0.347 e. The number of carbonyl (C=O) groups is 1. The van der Waals surface area contributed by atoms with Gasteiger partial charge in [0.1, 0.15) is 45.1 Å². The Labute approximate surface area is 163 Å². The summed E-state index contributed by atoms with van der Waals surface area (Å²) in [7, 11) is 0. The lowest BCUT2D eigenvalue weighted by Crippen LogP contribution is -2.09. The van der Waals surface area contributed by atoms with Gasteiger partial charge in [0.2, 0.25) is 0 Å². The topological polar surface area (TPSA) is 117 Å². The van der Waals surface area contributed by atoms with E-state index >= 15 is 0 Å². The third-order valence-corrected chi connectivity index (χ3v) is 4.33. The predicted octanol–water partition coefficient (Wildman–Crippen LogP) is 3.80. The minimum atomic E-state index is -0.866. The first kappa shape index (κ1) is 18.1. The number of carbonyl (C=O) groups excluding carboxylic acids is 1. The summed E-state index contributed by atoms with van der Waals surface area (Å²) in [5.74, 6) is -2.15. The van der Waals surface area contributed by atoms with Crippen LogP contribution in [-0.4, -0.2) is 21.3 Å². The first-order chi connectivity index (χ1) is 14.0. The van der Waals surface area contributed by atoms with E-state index in [1.54, 1.807) is 42.5 Å². The molecule has 0 spiro atoms. The second kappa shape index (κ2) is 7.05. The number of hydrogen-bond donors (Lipinski definition) is 3. The maximum absolute atomic E-state index is 12.4. The van der Waals surface area contributed by atoms with Gasteiger partial charge in [-0.2, -0.15) is 0 Å². The molecule has 0 aliphatic heterocycles. The van der Waals surface area contributed by atoms with Crippen LogP contribution in [0, 0.1) is 0 Å². The molecule has 4 rings (SSSR count). The van der Waals surface area contributed by atoms with Crippen molar-refractivity contribution in [2.24, 2.45) is 0 Å². The van der Waals surface area contributed by atoms with Crippen LogP contribution in [0.25, 0.3) is 22.1 Å². The number of ether oxygens (including phenoxy) is 1. The zero-order valence-corrected chi connectivity index (χ0v) is 14.8. The average Bonchev–Trinajstić information content (AvgIpc) is 2.68. The van der Waals surface area contributed by atoms with Crippen molar-refractivity contribution in [1.82, 2.24) is 0 Å². The van der Waals surface area contributed by atoms with Crippen molar-refractivity contribution >= 4 is 16.9 Å². The molecule has 0 saturated carbocycles. The monoisotopic (exact) mass is 390 g/mol. The van der Waals surface area contributed by atoms with Gasteiger partial charge < -0.3 is 24.5 Å². The smallest absolute Gasteiger partial charge is 0.347 e. The van der Waals surface area contributed by atoms with E-state index in [0.717, 1.165) is 6.07 Å². The van der Waals surface area contributed by atoms with Crippen LogP contribution in [0.3, 0.4) is 0 Å². The Hall–Kier alpha value is -4.26. The SMILES string of the molecule is O=C(Oc1cc(O)c2c(O)c(-c3ccccc3)c(=O)oc2c1)c1ccccc1O. The van der Waals surface area contributed by atoms with E-state index in [1.807, 2.05) is 0 Å². The molecule has 1 heterocycles. The van der Waals surface area contributed by atoms with Crippen LogP contribution in [0.2, 0.25) is 0 Å². The van der Waals surface area contributed by atoms with Gasteiger partial charge in [-0.3, -0.25) is 0 Å². The van der Waals surface area contributed by atoms with E-state index in [2.05, 4.69) is 0 Å². The summed E-state index contributed by atoms with van der Waals surface area (Å²) in [5.41, 5.74) is -0.713. The van der Waals surface area contributed by atoms with Gasteiger partial charge in [-0.1, -0.05) is 42.5 Å². The van der Waals surface area contributed by atoms with Gasteiger partial charge in [0.05, 0.1) is 0 Å². The molecule has 3 N–H and O–H groups in total. The molecular weight excluding hydrogens is 376 g/mol. The molecule has 1 aromatic heterocycles. The third-order valence-electron chi connectivity index (χ3n) is 4.33. The Morgan fingerprint density at radius 3 is 2.28 bits per heavy atom. The molecule has 4 aromatic rings. The molecule has 0 bridgehead atoms. The Morgan fingerprint density at radius 2 is 1.55 bits per heavy atom. The number of esters is 1. The van der Waals surface area contributed by atoms with Crippen molar-refractivity contribution in [3.05, 3.63) is 82.7 Å². The molecule has 0 radical (unpaired) electrons. The highest BCUT2D eigenvalue weighted by atomic mass is 16.5. The molecule has 0 aliphatic rings. The molecule has 7 heteroatoms. The highest BCUT2D eigenvalue weighted by Crippen LogP contribution is 2.40. The summed E-state index contributed by atoms with van der Waals surface area (Å²) < 4.78 is 10.4. The third kappa shape index (κ3) is 3.25. The molecule has 0 unspecified atom stereocenters. The Bertz CT molecular complexity index is 1290. The minimum Gasteiger partial charge on any atom is -0.507 e. The van der Waals surface area contributed by atoms with E-state index in [4.69, 9.17) is 9.15 Å². The standard InChI is InChI=1S/C22H14O7/c23-15-9-5-4-8-14(15)21(26)28-13-10-16(24)19-17(11-13)29-22(27)18(20(19)25)12-6-2-1-3-7-12/h1-11,23-25H. The van der Waals surface area contributed by atoms with Crippen LogP contribution in [-0.2, 0) is 0 Å². The number of fused-ring (bicyclic) bond motifs is 1. The summed E-state index contributed by atoms with van der Waals surface area (Å²) in [6, 6.07) is 16.5. The van der Waals surface area contributed by atoms with Gasteiger partial charge in [0, 0.05) is 12.1 Å². The van der Waals surface area contributed by atoms with Crippen molar-refractivity contribution in [3.8, 4) is 34.1 Å². The lowest BCUT2D eigenvalue weighted by Gasteiger charge is -2.10. The average molecular weight is 390 g/mol. The maximum atomic E-state index is 12.4. The normalized spacial score (nSPS) is 10.8. The fourth-order valence-corrected chi connectivity index (χ4v) is 2.99. The molecule has 0 saturated heterocycles. The van der Waals surface area contributed by atoms with Crippen molar-refractivity contribution in [1.29, 1.82) is 0 Å². The number of hydrogen-bond acceptors (Lipinski definition) is 7. The lowest BCUT2D eigenvalue weighted by atomic mass is 10.0. The van der Waals surface area contributed by atoms with E-state index in [1.165, 1.54) is 18.2 Å². The fourth-order valence-electron chi connectivity index (χ4n) is 2.99. The molecule has 29 heavy (non-hydrogen) atoms. The minimum absolute atomic E-state index is 0.0733. The van der Waals surface area contributed by atoms with E-state index in [9.17, 15) is 24.9 Å². The zero-order chi connectivity index (χ0) is 20.5. The number of benzene rings is 3. The summed E-state index contributed by atoms with van der Waals surface area (Å²) >= 11 is 0. The lowest BCUT2D eigenvalue weighted by molar-refractivity contribution is 0.0731. The van der Waals surface area contributed by atoms with Gasteiger partial charge in [-0.15, -0.1) is 0 Å². The highest BCUT2D eigenvalue weighted by molar-refractivity contribution is 5.97. The summed E-state index contributed by atoms with van der Waals surface area (Å²) in [4.78, 5) is 24.7. The van der Waals surface area contributed by atoms with Crippen molar-refractivity contribution in [2.75, 3.05) is 0 Å². The second-order valence-electron chi connectivity index (χ2n) is 6.20. The van der Waals surface area contributed by atoms with Crippen molar-refractivity contribution in [2.45, 2.75) is 0 Å². The van der Waals surface area contributed by atoms with Crippen LogP contribution in [0.1, 0.15) is 10.4 Å². The number of phenolic OH excluding ortho intramolecular Hbond substituents is 2. The first-order valence-corrected chi connectivity index (χ1v) is 8.54. The number of phenols is 2. The molecule has 0 amide bonds. The zero-order valence-electron chi connectivity index (χ0n) is 14.8. The number of para-hydroxylation sites is 1. The van der Waals surface area contributed by atoms with E-state index in [-0.39, 0.29) is 33.6 Å². The van der Waals surface area contributed by atoms with Gasteiger partial charge in [0.25, 0.3) is 0 Å². The van der Waals surface area contributed by atoms with Crippen LogP contribution < -0.4 is 10.4 Å². The molecule has 3 aromatic carbocycles. The summed E-state index contributed by atoms with van der Waals surface area (Å²) in [5, 5.41) is 30.6. The molecule has 0 aliphatic carbocycles. The van der Waals surface area contributed by atoms with Crippen LogP contribution in [0.15, 0.2) is 75.9 Å². The fraction of sp³-hybridized carbons (Fsp3) is 0. The molecule has 7 nitrogen and oxygen atoms in total. The largest absolute Gasteiger partial charge is 0.507 e. The van der Waals surface area contributed by atoms with Crippen LogP contribution in [0.5, 0.6) is 23.0 Å². The van der Waals surface area contributed by atoms with Gasteiger partial charge in [-0.05, 0) is 17.7 Å². The molecule has 0 atom stereocenters. The highest BCUT2D eigenvalue weighted by Gasteiger charge is 2.21. The van der Waals surface area contributed by atoms with Gasteiger partial charge in [-0.25, -0.2) is 9.59 Å². The van der Waals surface area contributed by atoms with Crippen LogP contribution >= 0.6 is 0 Å². The van der Waals surface area contributed by atoms with Crippen molar-refractivity contribution in [3.63, 3.8) is 0 Å². The molecular formula is C22H14O7. The van der Waals surface area contributed by atoms with Gasteiger partial charge >= 0.3 is 11.6 Å². The summed E-state index contributed by atoms with van der Waals surface area (Å²) in [6.45, 7) is 0. The second-order valence-corrected chi connectivity index (χ2v) is 6.20. The Balaban J connectivity index is 1.80. The predicted molar refractivity (Wildman–Crippen MR) is 104 cm³/mol. The summed E-state index contributed by atoms with van der Waals surface area (Å²) in [6.07, 6.45) is 0. The van der Waals surface area contributed by atoms with Gasteiger partial charge in [0.15, 0.2) is 0 Å². The van der Waals surface area contributed by atoms with Crippen molar-refractivity contribution < 1.29 is 29.3 Å². The van der Waals surface area contributed by atoms with E-state index in [0.29, 0.717) is 5.56 Å². The molecule has 144 valence electrons. The Morgan fingerprint density at radius 1 is 0.862 bits per heavy atom. The number of aromatic hydroxyl groups is 3. The first-order valence-electron chi connectivity index (χ1n) is 8.54. The van der Waals surface area contributed by atoms with Crippen LogP contribution in [0.4, 0.5) is 0 Å². The number of rotatable bonds is 3. The molecule has 0 fully saturated rings. The Kier molecular flexibility index (Phi) is 4.40. The quantitative estimate of drug-likeness (QED) is 0.277.